The van der Waals surface area contributed by atoms with Crippen LogP contribution in [-0.2, 0) is 19.4 Å². The minimum atomic E-state index is -0.721. The normalized spacial score (nSPS) is 15.2. The molecule has 1 aromatic heterocycles. The number of hydrogen-bond acceptors (Lipinski definition) is 3. The first-order valence-electron chi connectivity index (χ1n) is 6.41. The Morgan fingerprint density at radius 2 is 1.94 bits per heavy atom. The predicted molar refractivity (Wildman–Crippen MR) is 67.8 cm³/mol. The van der Waals surface area contributed by atoms with Gasteiger partial charge in [0.05, 0.1) is 17.9 Å². The summed E-state index contributed by atoms with van der Waals surface area (Å²) in [7, 11) is 0. The monoisotopic (exact) mass is 240 g/mol. The molecule has 0 saturated heterocycles. The van der Waals surface area contributed by atoms with E-state index in [1.807, 2.05) is 31.5 Å². The molecule has 2 unspecified atom stereocenters. The Kier molecular flexibility index (Phi) is 5.15. The molecule has 1 heterocycles. The molecule has 0 bridgehead atoms. The van der Waals surface area contributed by atoms with Crippen LogP contribution in [0, 0.1) is 5.92 Å². The van der Waals surface area contributed by atoms with E-state index in [-0.39, 0.29) is 5.92 Å². The molecule has 0 aliphatic rings. The zero-order valence-electron chi connectivity index (χ0n) is 11.2. The van der Waals surface area contributed by atoms with Crippen molar-refractivity contribution in [1.29, 1.82) is 0 Å². The summed E-state index contributed by atoms with van der Waals surface area (Å²) in [5.41, 5.74) is 2.03. The molecule has 0 radical (unpaired) electrons. The van der Waals surface area contributed by atoms with Crippen LogP contribution < -0.4 is 0 Å². The van der Waals surface area contributed by atoms with E-state index in [0.717, 1.165) is 24.4 Å². The summed E-state index contributed by atoms with van der Waals surface area (Å²) in [6.07, 6.45) is -0.0507. The van der Waals surface area contributed by atoms with Crippen LogP contribution in [0.4, 0.5) is 0 Å². The van der Waals surface area contributed by atoms with Gasteiger partial charge in [-0.25, -0.2) is 0 Å². The molecule has 0 aliphatic carbocycles. The van der Waals surface area contributed by atoms with Gasteiger partial charge >= 0.3 is 0 Å². The standard InChI is InChI=1S/C13H24N2O2/c1-5-10-7-11(15(6-2)14-10)8-12(16)13(17)9(3)4/h7,9,12-13,16-17H,5-6,8H2,1-4H3. The van der Waals surface area contributed by atoms with Crippen LogP contribution in [0.2, 0.25) is 0 Å². The van der Waals surface area contributed by atoms with Crippen molar-refractivity contribution in [3.8, 4) is 0 Å². The molecule has 17 heavy (non-hydrogen) atoms. The molecule has 0 saturated carbocycles. The third kappa shape index (κ3) is 3.54. The Balaban J connectivity index is 2.76. The fourth-order valence-corrected chi connectivity index (χ4v) is 1.91. The van der Waals surface area contributed by atoms with Gasteiger partial charge in [-0.1, -0.05) is 20.8 Å². The Labute approximate surface area is 103 Å². The second kappa shape index (κ2) is 6.17. The highest BCUT2D eigenvalue weighted by atomic mass is 16.3. The summed E-state index contributed by atoms with van der Waals surface area (Å²) in [6, 6.07) is 2.01. The molecule has 1 rings (SSSR count). The van der Waals surface area contributed by atoms with Crippen LogP contribution in [0.3, 0.4) is 0 Å². The highest BCUT2D eigenvalue weighted by Gasteiger charge is 2.21. The van der Waals surface area contributed by atoms with Gasteiger partial charge in [-0.2, -0.15) is 5.10 Å². The van der Waals surface area contributed by atoms with Gasteiger partial charge in [0, 0.05) is 18.7 Å². The Hall–Kier alpha value is -0.870. The lowest BCUT2D eigenvalue weighted by Crippen LogP contribution is -2.33. The summed E-state index contributed by atoms with van der Waals surface area (Å²) in [6.45, 7) is 8.69. The van der Waals surface area contributed by atoms with Crippen molar-refractivity contribution in [3.05, 3.63) is 17.5 Å². The molecule has 2 atom stereocenters. The Bertz CT molecular complexity index is 347. The second-order valence-corrected chi connectivity index (χ2v) is 4.80. The predicted octanol–water partition coefficient (Wildman–Crippen LogP) is 1.39. The van der Waals surface area contributed by atoms with Gasteiger partial charge in [0.25, 0.3) is 0 Å². The van der Waals surface area contributed by atoms with Crippen molar-refractivity contribution in [1.82, 2.24) is 9.78 Å². The van der Waals surface area contributed by atoms with Crippen LogP contribution in [0.25, 0.3) is 0 Å². The van der Waals surface area contributed by atoms with Crippen molar-refractivity contribution < 1.29 is 10.2 Å². The lowest BCUT2D eigenvalue weighted by Gasteiger charge is -2.21. The zero-order chi connectivity index (χ0) is 13.0. The minimum Gasteiger partial charge on any atom is -0.390 e. The molecule has 0 amide bonds. The molecular formula is C13H24N2O2. The molecule has 4 nitrogen and oxygen atoms in total. The molecule has 2 N–H and O–H groups in total. The summed E-state index contributed by atoms with van der Waals surface area (Å²) in [5.74, 6) is 0.0636. The number of aromatic nitrogens is 2. The SMILES string of the molecule is CCc1cc(CC(O)C(O)C(C)C)n(CC)n1. The first kappa shape index (κ1) is 14.2. The lowest BCUT2D eigenvalue weighted by atomic mass is 9.98. The highest BCUT2D eigenvalue weighted by Crippen LogP contribution is 2.13. The van der Waals surface area contributed by atoms with Crippen LogP contribution in [0.5, 0.6) is 0 Å². The van der Waals surface area contributed by atoms with Crippen molar-refractivity contribution in [3.63, 3.8) is 0 Å². The Morgan fingerprint density at radius 3 is 2.41 bits per heavy atom. The number of nitrogens with zero attached hydrogens (tertiary/aromatic N) is 2. The average molecular weight is 240 g/mol. The van der Waals surface area contributed by atoms with E-state index in [4.69, 9.17) is 0 Å². The van der Waals surface area contributed by atoms with E-state index in [1.165, 1.54) is 0 Å². The van der Waals surface area contributed by atoms with E-state index >= 15 is 0 Å². The maximum absolute atomic E-state index is 9.95. The van der Waals surface area contributed by atoms with Crippen LogP contribution in [0.1, 0.15) is 39.1 Å². The van der Waals surface area contributed by atoms with Crippen LogP contribution in [0.15, 0.2) is 6.07 Å². The van der Waals surface area contributed by atoms with E-state index in [1.54, 1.807) is 0 Å². The molecular weight excluding hydrogens is 216 g/mol. The molecule has 0 spiro atoms. The second-order valence-electron chi connectivity index (χ2n) is 4.80. The quantitative estimate of drug-likeness (QED) is 0.790. The molecule has 98 valence electrons. The van der Waals surface area contributed by atoms with Crippen molar-refractivity contribution in [2.24, 2.45) is 5.92 Å². The van der Waals surface area contributed by atoms with Gasteiger partial charge in [0.1, 0.15) is 0 Å². The smallest absolute Gasteiger partial charge is 0.0856 e. The fourth-order valence-electron chi connectivity index (χ4n) is 1.91. The number of aliphatic hydroxyl groups excluding tert-OH is 2. The summed E-state index contributed by atoms with van der Waals surface area (Å²) in [4.78, 5) is 0. The third-order valence-corrected chi connectivity index (χ3v) is 3.07. The summed E-state index contributed by atoms with van der Waals surface area (Å²) in [5, 5.41) is 24.2. The van der Waals surface area contributed by atoms with Crippen LogP contribution >= 0.6 is 0 Å². The summed E-state index contributed by atoms with van der Waals surface area (Å²) >= 11 is 0. The Morgan fingerprint density at radius 1 is 1.29 bits per heavy atom. The first-order chi connectivity index (χ1) is 7.99. The van der Waals surface area contributed by atoms with Crippen molar-refractivity contribution in [2.75, 3.05) is 0 Å². The van der Waals surface area contributed by atoms with Crippen LogP contribution in [-0.4, -0.2) is 32.2 Å². The van der Waals surface area contributed by atoms with Gasteiger partial charge < -0.3 is 10.2 Å². The van der Waals surface area contributed by atoms with E-state index < -0.39 is 12.2 Å². The molecule has 0 fully saturated rings. The molecule has 4 heteroatoms. The summed E-state index contributed by atoms with van der Waals surface area (Å²) < 4.78 is 1.90. The number of aliphatic hydroxyl groups is 2. The van der Waals surface area contributed by atoms with Gasteiger partial charge in [-0.3, -0.25) is 4.68 Å². The number of rotatable bonds is 6. The van der Waals surface area contributed by atoms with Gasteiger partial charge in [-0.05, 0) is 25.3 Å². The largest absolute Gasteiger partial charge is 0.390 e. The maximum atomic E-state index is 9.95. The van der Waals surface area contributed by atoms with Gasteiger partial charge in [0.15, 0.2) is 0 Å². The highest BCUT2D eigenvalue weighted by molar-refractivity contribution is 5.11. The molecule has 0 aromatic carbocycles. The van der Waals surface area contributed by atoms with Crippen molar-refractivity contribution in [2.45, 2.75) is 59.3 Å². The molecule has 0 aliphatic heterocycles. The first-order valence-corrected chi connectivity index (χ1v) is 6.41. The van der Waals surface area contributed by atoms with E-state index in [9.17, 15) is 10.2 Å². The van der Waals surface area contributed by atoms with Crippen molar-refractivity contribution >= 4 is 0 Å². The van der Waals surface area contributed by atoms with Gasteiger partial charge in [0.2, 0.25) is 0 Å². The minimum absolute atomic E-state index is 0.0636. The lowest BCUT2D eigenvalue weighted by molar-refractivity contribution is -0.00826. The number of hydrogen-bond donors (Lipinski definition) is 2. The maximum Gasteiger partial charge on any atom is 0.0856 e. The van der Waals surface area contributed by atoms with Gasteiger partial charge in [-0.15, -0.1) is 0 Å². The topological polar surface area (TPSA) is 58.3 Å². The third-order valence-electron chi connectivity index (χ3n) is 3.07. The fraction of sp³-hybridized carbons (Fsp3) is 0.769. The number of aryl methyl sites for hydroxylation is 2. The van der Waals surface area contributed by atoms with E-state index in [0.29, 0.717) is 6.42 Å². The molecule has 1 aromatic rings. The average Bonchev–Trinajstić information content (AvgIpc) is 2.70. The zero-order valence-corrected chi connectivity index (χ0v) is 11.2. The van der Waals surface area contributed by atoms with E-state index in [2.05, 4.69) is 12.0 Å².